The van der Waals surface area contributed by atoms with E-state index in [0.717, 1.165) is 6.42 Å². The molecule has 6 atom stereocenters. The number of likely N-dealkylation sites (N-methyl/N-ethyl adjacent to an activating group) is 2. The van der Waals surface area contributed by atoms with Crippen LogP contribution in [0.2, 0.25) is 5.02 Å². The van der Waals surface area contributed by atoms with Gasteiger partial charge in [-0.15, -0.1) is 0 Å². The molecule has 0 aromatic heterocycles. The molecule has 3 saturated carbocycles. The summed E-state index contributed by atoms with van der Waals surface area (Å²) in [6, 6.07) is -1.37. The number of nitrogens with zero attached hydrogens (tertiary/aromatic N) is 3. The monoisotopic (exact) mass is 981 g/mol. The molecule has 7 amide bonds. The van der Waals surface area contributed by atoms with Crippen molar-refractivity contribution in [3.63, 3.8) is 0 Å². The van der Waals surface area contributed by atoms with Crippen LogP contribution >= 0.6 is 11.6 Å². The fourth-order valence-corrected chi connectivity index (χ4v) is 10.8. The molecule has 2 heterocycles. The zero-order valence-electron chi connectivity index (χ0n) is 40.2. The largest absolute Gasteiger partial charge is 0.403 e. The molecular weight excluding hydrogens is 914 g/mol. The molecule has 2 aliphatic heterocycles. The average molecular weight is 983 g/mol. The van der Waals surface area contributed by atoms with Crippen LogP contribution in [0.4, 0.5) is 17.6 Å². The van der Waals surface area contributed by atoms with E-state index >= 15 is 4.39 Å². The van der Waals surface area contributed by atoms with Gasteiger partial charge in [-0.25, -0.2) is 4.39 Å². The van der Waals surface area contributed by atoms with Gasteiger partial charge in [-0.05, 0) is 119 Å². The number of likely N-dealkylation sites (tertiary alicyclic amines) is 1. The van der Waals surface area contributed by atoms with Gasteiger partial charge in [0, 0.05) is 45.6 Å². The maximum absolute atomic E-state index is 15.1. The van der Waals surface area contributed by atoms with E-state index in [0.29, 0.717) is 59.6 Å². The molecule has 4 N–H and O–H groups in total. The second-order valence-corrected chi connectivity index (χ2v) is 21.4. The molecule has 20 heteroatoms. The normalized spacial score (nSPS) is 27.1. The molecular formula is C48H68ClF4N7O8. The molecule has 378 valence electrons. The van der Waals surface area contributed by atoms with Crippen LogP contribution in [0.15, 0.2) is 18.2 Å². The number of amides is 7. The Labute approximate surface area is 400 Å². The minimum absolute atomic E-state index is 0.0375. The number of benzene rings is 1. The fourth-order valence-electron chi connectivity index (χ4n) is 10.6. The summed E-state index contributed by atoms with van der Waals surface area (Å²) in [5.74, 6) is -5.97. The molecule has 1 spiro atoms. The topological polar surface area (TPSA) is 187 Å². The van der Waals surface area contributed by atoms with Crippen LogP contribution in [0.25, 0.3) is 0 Å². The number of methoxy groups -OCH3 is 1. The lowest BCUT2D eigenvalue weighted by molar-refractivity contribution is -0.285. The maximum atomic E-state index is 15.1. The van der Waals surface area contributed by atoms with Crippen molar-refractivity contribution in [2.24, 2.45) is 22.7 Å². The van der Waals surface area contributed by atoms with Gasteiger partial charge < -0.3 is 40.7 Å². The molecule has 5 aliphatic rings. The Morgan fingerprint density at radius 3 is 2.26 bits per heavy atom. The van der Waals surface area contributed by atoms with Crippen molar-refractivity contribution in [2.45, 2.75) is 166 Å². The van der Waals surface area contributed by atoms with E-state index < -0.39 is 132 Å². The molecule has 5 fully saturated rings. The van der Waals surface area contributed by atoms with E-state index in [1.807, 2.05) is 13.8 Å². The average Bonchev–Trinajstić information content (AvgIpc) is 3.99. The summed E-state index contributed by atoms with van der Waals surface area (Å²) in [6.07, 6.45) is -4.27. The van der Waals surface area contributed by atoms with Crippen LogP contribution in [-0.2, 0) is 51.3 Å². The van der Waals surface area contributed by atoms with Crippen LogP contribution in [0.3, 0.4) is 0 Å². The molecule has 0 radical (unpaired) electrons. The van der Waals surface area contributed by atoms with Gasteiger partial charge in [0.05, 0.1) is 13.2 Å². The predicted molar refractivity (Wildman–Crippen MR) is 243 cm³/mol. The van der Waals surface area contributed by atoms with Crippen LogP contribution in [0.5, 0.6) is 0 Å². The van der Waals surface area contributed by atoms with Crippen molar-refractivity contribution in [2.75, 3.05) is 34.3 Å². The van der Waals surface area contributed by atoms with Crippen LogP contribution < -0.4 is 21.3 Å². The summed E-state index contributed by atoms with van der Waals surface area (Å²) in [4.78, 5) is 103. The molecule has 0 unspecified atom stereocenters. The van der Waals surface area contributed by atoms with E-state index in [1.54, 1.807) is 32.0 Å². The van der Waals surface area contributed by atoms with Gasteiger partial charge in [0.2, 0.25) is 41.4 Å². The Hall–Kier alpha value is -4.52. The van der Waals surface area contributed by atoms with Crippen molar-refractivity contribution in [3.05, 3.63) is 34.3 Å². The minimum atomic E-state index is -4.90. The first-order chi connectivity index (χ1) is 31.8. The first-order valence-electron chi connectivity index (χ1n) is 23.9. The number of hydrogen-bond acceptors (Lipinski definition) is 8. The lowest BCUT2D eigenvalue weighted by Crippen LogP contribution is -2.66. The van der Waals surface area contributed by atoms with E-state index in [2.05, 4.69) is 21.3 Å². The highest BCUT2D eigenvalue weighted by atomic mass is 35.5. The highest BCUT2D eigenvalue weighted by Gasteiger charge is 2.73. The zero-order valence-corrected chi connectivity index (χ0v) is 40.9. The summed E-state index contributed by atoms with van der Waals surface area (Å²) in [6.45, 7) is 6.43. The van der Waals surface area contributed by atoms with Crippen LogP contribution in [0, 0.1) is 22.7 Å². The molecule has 1 aromatic carbocycles. The molecule has 2 saturated heterocycles. The molecule has 0 bridgehead atoms. The SMILES string of the molecule is COCc1ccc(Cl)cc1C[C@H]1C(=O)NC(C)(C)C(=O)NCCCC[C@H](N(C)C(=O)[C@@H](NC(=O)[C@@H]2C[C@@H](F)CN2C(=O)C2(C(F)(F)F)CC3(CCC3)C2)C2CC2)C(=O)N[C@@H](CC(C)C)C(=O)N1C. The Balaban J connectivity index is 1.25. The van der Waals surface area contributed by atoms with Gasteiger partial charge in [-0.1, -0.05) is 37.9 Å². The van der Waals surface area contributed by atoms with Gasteiger partial charge >= 0.3 is 6.18 Å². The summed E-state index contributed by atoms with van der Waals surface area (Å²) < 4.78 is 64.5. The molecule has 6 rings (SSSR count). The third-order valence-electron chi connectivity index (χ3n) is 14.8. The van der Waals surface area contributed by atoms with Crippen molar-refractivity contribution in [3.8, 4) is 0 Å². The lowest BCUT2D eigenvalue weighted by Gasteiger charge is -2.60. The van der Waals surface area contributed by atoms with E-state index in [1.165, 1.54) is 31.0 Å². The Bertz CT molecular complexity index is 2090. The number of hydrogen-bond donors (Lipinski definition) is 4. The first-order valence-corrected chi connectivity index (χ1v) is 24.2. The Morgan fingerprint density at radius 2 is 1.68 bits per heavy atom. The lowest BCUT2D eigenvalue weighted by atomic mass is 9.44. The summed E-state index contributed by atoms with van der Waals surface area (Å²) >= 11 is 6.40. The second-order valence-electron chi connectivity index (χ2n) is 21.0. The smallest absolute Gasteiger partial charge is 0.380 e. The third-order valence-corrected chi connectivity index (χ3v) is 15.1. The number of carbonyl (C=O) groups is 7. The van der Waals surface area contributed by atoms with Crippen molar-refractivity contribution < 1.29 is 55.9 Å². The molecule has 68 heavy (non-hydrogen) atoms. The van der Waals surface area contributed by atoms with Crippen molar-refractivity contribution in [1.82, 2.24) is 36.0 Å². The quantitative estimate of drug-likeness (QED) is 0.216. The zero-order chi connectivity index (χ0) is 50.1. The van der Waals surface area contributed by atoms with E-state index in [9.17, 15) is 46.7 Å². The maximum Gasteiger partial charge on any atom is 0.403 e. The standard InChI is InChI=1S/C48H68ClF4N7O8/c1-27(2)19-33-41(64)59(6)35(21-30-20-31(49)15-14-29(30)24-68-7)40(63)57-45(3,4)43(66)54-18-9-8-11-34(38(61)55-33)58(5)42(65)37(28-12-13-28)56-39(62)36-22-32(50)23-60(36)44(67)47(48(51,52)53)25-46(26-47)16-10-17-46/h14-15,20,27-28,32-37H,8-13,16-19,21-26H2,1-7H3,(H,54,66)(H,55,61)(H,56,62)(H,57,63)/t32-,33+,34+,35+,36+,37+/m1/s1. The number of alkyl halides is 4. The van der Waals surface area contributed by atoms with Crippen molar-refractivity contribution in [1.29, 1.82) is 0 Å². The van der Waals surface area contributed by atoms with Crippen LogP contribution in [-0.4, -0.2) is 138 Å². The first kappa shape index (κ1) is 52.8. The van der Waals surface area contributed by atoms with Gasteiger partial charge in [0.25, 0.3) is 0 Å². The fraction of sp³-hybridized carbons (Fsp3) is 0.729. The third kappa shape index (κ3) is 11.4. The highest BCUT2D eigenvalue weighted by molar-refractivity contribution is 6.30. The van der Waals surface area contributed by atoms with E-state index in [4.69, 9.17) is 16.3 Å². The predicted octanol–water partition coefficient (Wildman–Crippen LogP) is 4.76. The number of ether oxygens (including phenoxy) is 1. The van der Waals surface area contributed by atoms with E-state index in [-0.39, 0.29) is 38.3 Å². The van der Waals surface area contributed by atoms with Gasteiger partial charge in [0.15, 0.2) is 0 Å². The molecule has 3 aliphatic carbocycles. The van der Waals surface area contributed by atoms with Gasteiger partial charge in [0.1, 0.15) is 47.3 Å². The van der Waals surface area contributed by atoms with Crippen molar-refractivity contribution >= 4 is 53.0 Å². The molecule has 15 nitrogen and oxygen atoms in total. The second kappa shape index (κ2) is 20.8. The Morgan fingerprint density at radius 1 is 1.00 bits per heavy atom. The summed E-state index contributed by atoms with van der Waals surface area (Å²) in [5, 5.41) is 11.6. The number of carbonyl (C=O) groups excluding carboxylic acids is 7. The van der Waals surface area contributed by atoms with Gasteiger partial charge in [-0.2, -0.15) is 13.2 Å². The number of nitrogens with one attached hydrogen (secondary N) is 4. The highest BCUT2D eigenvalue weighted by Crippen LogP contribution is 2.69. The molecule has 1 aromatic rings. The van der Waals surface area contributed by atoms with Gasteiger partial charge in [-0.3, -0.25) is 33.6 Å². The number of rotatable bonds is 12. The number of halogens is 5. The summed E-state index contributed by atoms with van der Waals surface area (Å²) in [7, 11) is 4.33. The summed E-state index contributed by atoms with van der Waals surface area (Å²) in [5.41, 5.74) is -3.38. The Kier molecular flexibility index (Phi) is 16.2. The minimum Gasteiger partial charge on any atom is -0.380 e. The van der Waals surface area contributed by atoms with Crippen LogP contribution in [0.1, 0.15) is 116 Å².